The van der Waals surface area contributed by atoms with Gasteiger partial charge in [-0.1, -0.05) is 29.8 Å². The Morgan fingerprint density at radius 3 is 2.62 bits per heavy atom. The Morgan fingerprint density at radius 1 is 1.16 bits per heavy atom. The molecule has 0 radical (unpaired) electrons. The second-order valence-corrected chi connectivity index (χ2v) is 8.66. The highest BCUT2D eigenvalue weighted by atomic mass is 35.5. The number of benzene rings is 2. The van der Waals surface area contributed by atoms with Gasteiger partial charge in [0, 0.05) is 28.3 Å². The van der Waals surface area contributed by atoms with Crippen LogP contribution in [0.4, 0.5) is 10.5 Å². The van der Waals surface area contributed by atoms with E-state index in [0.29, 0.717) is 33.2 Å². The maximum atomic E-state index is 12.8. The van der Waals surface area contributed by atoms with E-state index < -0.39 is 16.1 Å². The summed E-state index contributed by atoms with van der Waals surface area (Å²) in [7, 11) is 0. The number of hydrogen-bond donors (Lipinski definition) is 0. The molecule has 1 aliphatic heterocycles. The Morgan fingerprint density at radius 2 is 1.91 bits per heavy atom. The van der Waals surface area contributed by atoms with E-state index in [4.69, 9.17) is 16.0 Å². The molecule has 0 N–H and O–H groups in total. The molecule has 2 amide bonds. The number of hydrogen-bond acceptors (Lipinski definition) is 6. The minimum atomic E-state index is -0.431. The molecule has 32 heavy (non-hydrogen) atoms. The fraction of sp³-hybridized carbons (Fsp3) is 0.130. The number of carbonyl (C=O) groups excluding carboxylic acids is 2. The molecule has 9 heteroatoms. The molecule has 0 atom stereocenters. The summed E-state index contributed by atoms with van der Waals surface area (Å²) in [6.45, 7) is 3.58. The second kappa shape index (κ2) is 8.64. The molecule has 0 spiro atoms. The van der Waals surface area contributed by atoms with Gasteiger partial charge in [0.05, 0.1) is 16.4 Å². The van der Waals surface area contributed by atoms with Gasteiger partial charge in [-0.3, -0.25) is 24.6 Å². The average molecular weight is 469 g/mol. The third kappa shape index (κ3) is 4.19. The fourth-order valence-corrected chi connectivity index (χ4v) is 4.33. The van der Waals surface area contributed by atoms with Gasteiger partial charge in [0.2, 0.25) is 0 Å². The molecule has 0 aliphatic carbocycles. The van der Waals surface area contributed by atoms with Gasteiger partial charge in [-0.05, 0) is 61.0 Å². The molecule has 2 aromatic carbocycles. The second-order valence-electron chi connectivity index (χ2n) is 7.26. The van der Waals surface area contributed by atoms with Gasteiger partial charge in [-0.25, -0.2) is 0 Å². The number of carbonyl (C=O) groups is 2. The lowest BCUT2D eigenvalue weighted by Crippen LogP contribution is -2.27. The van der Waals surface area contributed by atoms with Gasteiger partial charge >= 0.3 is 0 Å². The number of aryl methyl sites for hydroxylation is 1. The van der Waals surface area contributed by atoms with Crippen LogP contribution in [0.1, 0.15) is 22.5 Å². The van der Waals surface area contributed by atoms with Crippen LogP contribution in [0.5, 0.6) is 0 Å². The van der Waals surface area contributed by atoms with Crippen molar-refractivity contribution in [1.82, 2.24) is 4.90 Å². The van der Waals surface area contributed by atoms with Gasteiger partial charge in [0.25, 0.3) is 16.8 Å². The number of nitro groups is 1. The highest BCUT2D eigenvalue weighted by Gasteiger charge is 2.35. The first-order chi connectivity index (χ1) is 15.2. The molecular formula is C23H17ClN2O5S. The van der Waals surface area contributed by atoms with E-state index in [1.165, 1.54) is 12.1 Å². The Bertz CT molecular complexity index is 1300. The zero-order chi connectivity index (χ0) is 23.0. The van der Waals surface area contributed by atoms with E-state index in [-0.39, 0.29) is 17.1 Å². The molecular weight excluding hydrogens is 452 g/mol. The number of nitrogens with zero attached hydrogens (tertiary/aromatic N) is 2. The van der Waals surface area contributed by atoms with E-state index in [9.17, 15) is 19.7 Å². The van der Waals surface area contributed by atoms with Crippen molar-refractivity contribution in [3.8, 4) is 11.3 Å². The van der Waals surface area contributed by atoms with Crippen molar-refractivity contribution < 1.29 is 18.9 Å². The van der Waals surface area contributed by atoms with Crippen molar-refractivity contribution in [2.75, 3.05) is 0 Å². The fourth-order valence-electron chi connectivity index (χ4n) is 3.32. The van der Waals surface area contributed by atoms with Crippen LogP contribution in [0, 0.1) is 24.0 Å². The van der Waals surface area contributed by atoms with Crippen LogP contribution in [0.2, 0.25) is 5.02 Å². The minimum Gasteiger partial charge on any atom is -0.457 e. The quantitative estimate of drug-likeness (QED) is 0.245. The van der Waals surface area contributed by atoms with Gasteiger partial charge in [0.1, 0.15) is 11.5 Å². The molecule has 3 aromatic rings. The lowest BCUT2D eigenvalue weighted by molar-refractivity contribution is -0.385. The Hall–Kier alpha value is -3.36. The first-order valence-corrected chi connectivity index (χ1v) is 10.8. The Labute approximate surface area is 192 Å². The van der Waals surface area contributed by atoms with Crippen molar-refractivity contribution in [3.05, 3.63) is 91.0 Å². The summed E-state index contributed by atoms with van der Waals surface area (Å²) in [5, 5.41) is 11.4. The number of amides is 2. The summed E-state index contributed by atoms with van der Waals surface area (Å²) in [5.74, 6) is 0.363. The third-order valence-electron chi connectivity index (χ3n) is 5.18. The summed E-state index contributed by atoms with van der Waals surface area (Å²) in [5.41, 5.74) is 2.62. The summed E-state index contributed by atoms with van der Waals surface area (Å²) >= 11 is 6.97. The van der Waals surface area contributed by atoms with Crippen LogP contribution in [0.3, 0.4) is 0 Å². The predicted octanol–water partition coefficient (Wildman–Crippen LogP) is 6.36. The number of halogens is 1. The van der Waals surface area contributed by atoms with E-state index in [0.717, 1.165) is 22.2 Å². The van der Waals surface area contributed by atoms with Crippen LogP contribution in [0.15, 0.2) is 57.9 Å². The molecule has 1 aliphatic rings. The van der Waals surface area contributed by atoms with Crippen molar-refractivity contribution in [1.29, 1.82) is 0 Å². The molecule has 0 saturated carbocycles. The number of rotatable bonds is 5. The van der Waals surface area contributed by atoms with Crippen molar-refractivity contribution >= 4 is 46.3 Å². The topological polar surface area (TPSA) is 93.7 Å². The largest absolute Gasteiger partial charge is 0.457 e. The van der Waals surface area contributed by atoms with Crippen molar-refractivity contribution in [2.24, 2.45) is 0 Å². The molecule has 0 unspecified atom stereocenters. The zero-order valence-electron chi connectivity index (χ0n) is 17.1. The first kappa shape index (κ1) is 21.9. The highest BCUT2D eigenvalue weighted by molar-refractivity contribution is 8.18. The number of thioether (sulfide) groups is 1. The van der Waals surface area contributed by atoms with Crippen molar-refractivity contribution in [2.45, 2.75) is 20.4 Å². The summed E-state index contributed by atoms with van der Waals surface area (Å²) in [6.07, 6.45) is 1.50. The van der Waals surface area contributed by atoms with Crippen molar-refractivity contribution in [3.63, 3.8) is 0 Å². The zero-order valence-corrected chi connectivity index (χ0v) is 18.7. The highest BCUT2D eigenvalue weighted by Crippen LogP contribution is 2.36. The molecule has 162 valence electrons. The molecule has 1 aromatic heterocycles. The van der Waals surface area contributed by atoms with Gasteiger partial charge in [-0.15, -0.1) is 0 Å². The first-order valence-electron chi connectivity index (χ1n) is 9.59. The molecule has 2 heterocycles. The van der Waals surface area contributed by atoms with Crippen LogP contribution in [-0.4, -0.2) is 21.0 Å². The number of nitro benzene ring substituents is 1. The third-order valence-corrected chi connectivity index (χ3v) is 6.46. The normalized spacial score (nSPS) is 15.1. The van der Waals surface area contributed by atoms with Crippen LogP contribution in [0.25, 0.3) is 17.4 Å². The predicted molar refractivity (Wildman–Crippen MR) is 123 cm³/mol. The monoisotopic (exact) mass is 468 g/mol. The van der Waals surface area contributed by atoms with E-state index in [2.05, 4.69) is 0 Å². The lowest BCUT2D eigenvalue weighted by Gasteiger charge is -2.13. The lowest BCUT2D eigenvalue weighted by atomic mass is 10.0. The smallest absolute Gasteiger partial charge is 0.293 e. The van der Waals surface area contributed by atoms with Crippen LogP contribution >= 0.6 is 23.4 Å². The van der Waals surface area contributed by atoms with Gasteiger partial charge < -0.3 is 4.42 Å². The molecule has 4 rings (SSSR count). The maximum absolute atomic E-state index is 12.8. The van der Waals surface area contributed by atoms with E-state index >= 15 is 0 Å². The minimum absolute atomic E-state index is 0.0126. The van der Waals surface area contributed by atoms with Gasteiger partial charge in [-0.2, -0.15) is 0 Å². The molecule has 1 saturated heterocycles. The maximum Gasteiger partial charge on any atom is 0.293 e. The number of furan rings is 1. The van der Waals surface area contributed by atoms with Crippen LogP contribution < -0.4 is 0 Å². The SMILES string of the molecule is Cc1cc(-c2ccc(/C=C3\SC(=O)N(Cc4ccccc4Cl)C3=O)o2)cc([N+](=O)[O-])c1C. The number of imide groups is 1. The summed E-state index contributed by atoms with van der Waals surface area (Å²) < 4.78 is 5.80. The van der Waals surface area contributed by atoms with E-state index in [1.54, 1.807) is 50.2 Å². The summed E-state index contributed by atoms with van der Waals surface area (Å²) in [6, 6.07) is 13.6. The van der Waals surface area contributed by atoms with E-state index in [1.807, 2.05) is 6.07 Å². The Balaban J connectivity index is 1.59. The van der Waals surface area contributed by atoms with Crippen LogP contribution in [-0.2, 0) is 11.3 Å². The average Bonchev–Trinajstić information content (AvgIpc) is 3.31. The summed E-state index contributed by atoms with van der Waals surface area (Å²) in [4.78, 5) is 37.4. The Kier molecular flexibility index (Phi) is 5.90. The standard InChI is InChI=1S/C23H17ClN2O5S/c1-13-9-16(10-19(14(13)2)26(29)30)20-8-7-17(31-20)11-21-22(27)25(23(28)32-21)12-15-5-3-4-6-18(15)24/h3-11H,12H2,1-2H3/b21-11-. The molecule has 1 fully saturated rings. The molecule has 7 nitrogen and oxygen atoms in total. The molecule has 0 bridgehead atoms. The van der Waals surface area contributed by atoms with Gasteiger partial charge in [0.15, 0.2) is 0 Å².